The lowest BCUT2D eigenvalue weighted by atomic mass is 10.2. The fourth-order valence-corrected chi connectivity index (χ4v) is 2.74. The molecule has 25 heavy (non-hydrogen) atoms. The van der Waals surface area contributed by atoms with Gasteiger partial charge >= 0.3 is 0 Å². The molecular formula is C18H20N2O5. The van der Waals surface area contributed by atoms with Gasteiger partial charge in [0.05, 0.1) is 14.2 Å². The van der Waals surface area contributed by atoms with Crippen LogP contribution in [0.4, 0.5) is 0 Å². The Bertz CT molecular complexity index is 770. The number of furan rings is 1. The molecule has 1 aliphatic heterocycles. The van der Waals surface area contributed by atoms with Crippen molar-refractivity contribution >= 4 is 11.8 Å². The number of amides is 2. The molecule has 7 nitrogen and oxygen atoms in total. The average molecular weight is 344 g/mol. The second-order valence-electron chi connectivity index (χ2n) is 5.72. The Morgan fingerprint density at radius 2 is 2.00 bits per heavy atom. The lowest BCUT2D eigenvalue weighted by Crippen LogP contribution is -2.51. The summed E-state index contributed by atoms with van der Waals surface area (Å²) in [6, 6.07) is 10.7. The maximum atomic E-state index is 12.4. The van der Waals surface area contributed by atoms with Crippen molar-refractivity contribution in [2.75, 3.05) is 33.9 Å². The molecule has 0 unspecified atom stereocenters. The van der Waals surface area contributed by atoms with Crippen molar-refractivity contribution in [2.45, 2.75) is 6.54 Å². The van der Waals surface area contributed by atoms with Crippen molar-refractivity contribution < 1.29 is 23.5 Å². The summed E-state index contributed by atoms with van der Waals surface area (Å²) in [5.41, 5.74) is 0.989. The van der Waals surface area contributed by atoms with E-state index < -0.39 is 0 Å². The zero-order valence-electron chi connectivity index (χ0n) is 14.2. The van der Waals surface area contributed by atoms with Gasteiger partial charge in [0, 0.05) is 25.7 Å². The molecule has 1 aromatic heterocycles. The zero-order valence-corrected chi connectivity index (χ0v) is 14.2. The molecule has 1 aliphatic rings. The molecule has 0 radical (unpaired) electrons. The first-order valence-corrected chi connectivity index (χ1v) is 7.94. The Morgan fingerprint density at radius 3 is 2.68 bits per heavy atom. The van der Waals surface area contributed by atoms with E-state index in [4.69, 9.17) is 13.9 Å². The van der Waals surface area contributed by atoms with Gasteiger partial charge in [-0.3, -0.25) is 9.59 Å². The predicted molar refractivity (Wildman–Crippen MR) is 89.6 cm³/mol. The normalized spacial score (nSPS) is 14.6. The largest absolute Gasteiger partial charge is 0.497 e. The molecule has 0 atom stereocenters. The van der Waals surface area contributed by atoms with Crippen molar-refractivity contribution in [3.8, 4) is 11.7 Å². The minimum Gasteiger partial charge on any atom is -0.497 e. The molecule has 2 aromatic rings. The van der Waals surface area contributed by atoms with Gasteiger partial charge in [0.2, 0.25) is 5.91 Å². The molecule has 2 heterocycles. The molecular weight excluding hydrogens is 324 g/mol. The van der Waals surface area contributed by atoms with Gasteiger partial charge in [-0.15, -0.1) is 0 Å². The number of hydrogen-bond donors (Lipinski definition) is 0. The summed E-state index contributed by atoms with van der Waals surface area (Å²) < 4.78 is 15.4. The number of nitrogens with zero attached hydrogens (tertiary/aromatic N) is 2. The molecule has 0 aliphatic carbocycles. The van der Waals surface area contributed by atoms with Crippen molar-refractivity contribution in [1.29, 1.82) is 0 Å². The minimum absolute atomic E-state index is 0.0335. The Labute approximate surface area is 145 Å². The lowest BCUT2D eigenvalue weighted by Gasteiger charge is -2.34. The molecule has 7 heteroatoms. The van der Waals surface area contributed by atoms with Crippen LogP contribution in [0.3, 0.4) is 0 Å². The number of ether oxygens (including phenoxy) is 2. The third-order valence-corrected chi connectivity index (χ3v) is 4.11. The van der Waals surface area contributed by atoms with E-state index in [1.165, 1.54) is 12.0 Å². The molecule has 2 amide bonds. The van der Waals surface area contributed by atoms with E-state index >= 15 is 0 Å². The minimum atomic E-state index is -0.308. The van der Waals surface area contributed by atoms with E-state index in [9.17, 15) is 9.59 Å². The van der Waals surface area contributed by atoms with Crippen LogP contribution in [0.15, 0.2) is 40.8 Å². The van der Waals surface area contributed by atoms with Crippen LogP contribution in [-0.4, -0.2) is 55.5 Å². The van der Waals surface area contributed by atoms with Gasteiger partial charge in [0.1, 0.15) is 12.3 Å². The molecule has 0 spiro atoms. The third-order valence-electron chi connectivity index (χ3n) is 4.11. The first-order chi connectivity index (χ1) is 12.1. The van der Waals surface area contributed by atoms with Crippen molar-refractivity contribution in [3.05, 3.63) is 47.7 Å². The standard InChI is InChI=1S/C18H20N2O5/c1-23-14-5-3-4-13(10-14)11-19-8-9-20(12-16(19)21)18(22)15-6-7-17(24-2)25-15/h3-7,10H,8-9,11-12H2,1-2H3. The zero-order chi connectivity index (χ0) is 17.8. The van der Waals surface area contributed by atoms with Crippen LogP contribution < -0.4 is 9.47 Å². The third kappa shape index (κ3) is 3.76. The predicted octanol–water partition coefficient (Wildman–Crippen LogP) is 1.78. The monoisotopic (exact) mass is 344 g/mol. The second-order valence-corrected chi connectivity index (χ2v) is 5.72. The fraction of sp³-hybridized carbons (Fsp3) is 0.333. The van der Waals surface area contributed by atoms with E-state index in [0.29, 0.717) is 19.6 Å². The van der Waals surface area contributed by atoms with E-state index in [0.717, 1.165) is 11.3 Å². The molecule has 132 valence electrons. The van der Waals surface area contributed by atoms with Gasteiger partial charge < -0.3 is 23.7 Å². The van der Waals surface area contributed by atoms with E-state index in [2.05, 4.69) is 0 Å². The van der Waals surface area contributed by atoms with Crippen LogP contribution in [0.2, 0.25) is 0 Å². The van der Waals surface area contributed by atoms with Crippen molar-refractivity contribution in [1.82, 2.24) is 9.80 Å². The van der Waals surface area contributed by atoms with Gasteiger partial charge in [-0.25, -0.2) is 0 Å². The van der Waals surface area contributed by atoms with E-state index in [1.54, 1.807) is 24.1 Å². The van der Waals surface area contributed by atoms with Gasteiger partial charge in [-0.05, 0) is 23.8 Å². The molecule has 3 rings (SSSR count). The maximum absolute atomic E-state index is 12.4. The Morgan fingerprint density at radius 1 is 1.16 bits per heavy atom. The maximum Gasteiger partial charge on any atom is 0.290 e. The van der Waals surface area contributed by atoms with Crippen LogP contribution in [0.5, 0.6) is 11.7 Å². The number of carbonyl (C=O) groups excluding carboxylic acids is 2. The molecule has 1 aromatic carbocycles. The van der Waals surface area contributed by atoms with Crippen LogP contribution in [0, 0.1) is 0 Å². The molecule has 1 fully saturated rings. The Balaban J connectivity index is 1.62. The summed E-state index contributed by atoms with van der Waals surface area (Å²) >= 11 is 0. The first-order valence-electron chi connectivity index (χ1n) is 7.94. The number of methoxy groups -OCH3 is 2. The topological polar surface area (TPSA) is 72.2 Å². The van der Waals surface area contributed by atoms with Crippen molar-refractivity contribution in [2.24, 2.45) is 0 Å². The molecule has 0 bridgehead atoms. The number of rotatable bonds is 5. The summed E-state index contributed by atoms with van der Waals surface area (Å²) in [5.74, 6) is 0.793. The fourth-order valence-electron chi connectivity index (χ4n) is 2.74. The van der Waals surface area contributed by atoms with E-state index in [1.807, 2.05) is 24.3 Å². The van der Waals surface area contributed by atoms with Crippen LogP contribution >= 0.6 is 0 Å². The average Bonchev–Trinajstić information content (AvgIpc) is 3.12. The van der Waals surface area contributed by atoms with E-state index in [-0.39, 0.29) is 30.1 Å². The van der Waals surface area contributed by atoms with Crippen molar-refractivity contribution in [3.63, 3.8) is 0 Å². The van der Waals surface area contributed by atoms with Gasteiger partial charge in [0.25, 0.3) is 11.9 Å². The van der Waals surface area contributed by atoms with Gasteiger partial charge in [0.15, 0.2) is 5.76 Å². The summed E-state index contributed by atoms with van der Waals surface area (Å²) in [5, 5.41) is 0. The Hall–Kier alpha value is -2.96. The van der Waals surface area contributed by atoms with Crippen LogP contribution in [0.1, 0.15) is 16.1 Å². The second kappa shape index (κ2) is 7.29. The number of piperazine rings is 1. The molecule has 0 saturated carbocycles. The highest BCUT2D eigenvalue weighted by Crippen LogP contribution is 2.19. The highest BCUT2D eigenvalue weighted by molar-refractivity contribution is 5.95. The van der Waals surface area contributed by atoms with Crippen LogP contribution in [-0.2, 0) is 11.3 Å². The number of carbonyl (C=O) groups is 2. The highest BCUT2D eigenvalue weighted by Gasteiger charge is 2.29. The molecule has 1 saturated heterocycles. The summed E-state index contributed by atoms with van der Waals surface area (Å²) in [7, 11) is 3.08. The first kappa shape index (κ1) is 16.9. The summed E-state index contributed by atoms with van der Waals surface area (Å²) in [6.45, 7) is 1.45. The summed E-state index contributed by atoms with van der Waals surface area (Å²) in [6.07, 6.45) is 0. The van der Waals surface area contributed by atoms with Crippen LogP contribution in [0.25, 0.3) is 0 Å². The van der Waals surface area contributed by atoms with Gasteiger partial charge in [-0.2, -0.15) is 0 Å². The number of hydrogen-bond acceptors (Lipinski definition) is 5. The smallest absolute Gasteiger partial charge is 0.290 e. The van der Waals surface area contributed by atoms with Gasteiger partial charge in [-0.1, -0.05) is 12.1 Å². The Kier molecular flexibility index (Phi) is 4.92. The number of benzene rings is 1. The molecule has 0 N–H and O–H groups in total. The summed E-state index contributed by atoms with van der Waals surface area (Å²) in [4.78, 5) is 28.0. The quantitative estimate of drug-likeness (QED) is 0.827. The highest BCUT2D eigenvalue weighted by atomic mass is 16.6. The lowest BCUT2D eigenvalue weighted by molar-refractivity contribution is -0.135. The SMILES string of the molecule is COc1cccc(CN2CCN(C(=O)c3ccc(OC)o3)CC2=O)c1.